The summed E-state index contributed by atoms with van der Waals surface area (Å²) in [5, 5.41) is 3.53. The topological polar surface area (TPSA) is 12.0 Å². The zero-order chi connectivity index (χ0) is 10.8. The Bertz CT molecular complexity index is 354. The lowest BCUT2D eigenvalue weighted by Gasteiger charge is -2.31. The number of piperidine rings is 1. The summed E-state index contributed by atoms with van der Waals surface area (Å²) < 4.78 is 0. The van der Waals surface area contributed by atoms with E-state index in [9.17, 15) is 0 Å². The van der Waals surface area contributed by atoms with Crippen LogP contribution in [-0.4, -0.2) is 24.6 Å². The summed E-state index contributed by atoms with van der Waals surface area (Å²) in [4.78, 5) is 0. The van der Waals surface area contributed by atoms with Crippen molar-refractivity contribution in [3.63, 3.8) is 0 Å². The van der Waals surface area contributed by atoms with Crippen molar-refractivity contribution in [2.45, 2.75) is 24.7 Å². The summed E-state index contributed by atoms with van der Waals surface area (Å²) in [5.74, 6) is 4.26. The molecule has 0 aliphatic carbocycles. The van der Waals surface area contributed by atoms with E-state index in [1.165, 1.54) is 37.4 Å². The van der Waals surface area contributed by atoms with E-state index in [4.69, 9.17) is 0 Å². The Morgan fingerprint density at radius 1 is 1.06 bits per heavy atom. The van der Waals surface area contributed by atoms with Gasteiger partial charge in [0.15, 0.2) is 0 Å². The van der Waals surface area contributed by atoms with Crippen molar-refractivity contribution in [2.24, 2.45) is 0 Å². The van der Waals surface area contributed by atoms with Crippen molar-refractivity contribution < 1.29 is 0 Å². The zero-order valence-electron chi connectivity index (χ0n) is 9.61. The Hall–Kier alpha value is -0.470. The van der Waals surface area contributed by atoms with E-state index in [-0.39, 0.29) is 0 Å². The minimum absolute atomic E-state index is 0.760. The highest BCUT2D eigenvalue weighted by Gasteiger charge is 2.25. The third-order valence-electron chi connectivity index (χ3n) is 3.81. The maximum Gasteiger partial charge on any atom is 0.00226 e. The first kappa shape index (κ1) is 10.7. The van der Waals surface area contributed by atoms with Crippen LogP contribution in [0.4, 0.5) is 0 Å². The van der Waals surface area contributed by atoms with Gasteiger partial charge in [-0.3, -0.25) is 0 Å². The largest absolute Gasteiger partial charge is 0.316 e. The second kappa shape index (κ2) is 4.80. The highest BCUT2D eigenvalue weighted by Crippen LogP contribution is 2.38. The van der Waals surface area contributed by atoms with Gasteiger partial charge in [0.1, 0.15) is 0 Å². The minimum Gasteiger partial charge on any atom is -0.316 e. The summed E-state index contributed by atoms with van der Waals surface area (Å²) in [6.07, 6.45) is 2.70. The molecule has 0 amide bonds. The Labute approximate surface area is 102 Å². The van der Waals surface area contributed by atoms with Crippen LogP contribution < -0.4 is 5.32 Å². The van der Waals surface area contributed by atoms with Gasteiger partial charge >= 0.3 is 0 Å². The molecule has 2 saturated heterocycles. The molecule has 0 saturated carbocycles. The van der Waals surface area contributed by atoms with Crippen LogP contribution in [0.5, 0.6) is 0 Å². The molecule has 1 unspecified atom stereocenters. The highest BCUT2D eigenvalue weighted by molar-refractivity contribution is 8.00. The lowest BCUT2D eigenvalue weighted by atomic mass is 9.84. The molecule has 16 heavy (non-hydrogen) atoms. The van der Waals surface area contributed by atoms with E-state index >= 15 is 0 Å². The summed E-state index contributed by atoms with van der Waals surface area (Å²) in [7, 11) is 0. The third kappa shape index (κ3) is 2.01. The van der Waals surface area contributed by atoms with Crippen molar-refractivity contribution in [1.82, 2.24) is 5.32 Å². The molecule has 2 aliphatic rings. The number of thioether (sulfide) groups is 1. The van der Waals surface area contributed by atoms with Gasteiger partial charge in [-0.05, 0) is 36.4 Å². The van der Waals surface area contributed by atoms with Gasteiger partial charge in [0.2, 0.25) is 0 Å². The van der Waals surface area contributed by atoms with Gasteiger partial charge in [0, 0.05) is 24.0 Å². The first-order valence-corrected chi connectivity index (χ1v) is 7.48. The second-order valence-corrected chi connectivity index (χ2v) is 5.98. The van der Waals surface area contributed by atoms with E-state index in [0.29, 0.717) is 0 Å². The van der Waals surface area contributed by atoms with Crippen molar-refractivity contribution in [3.05, 3.63) is 35.4 Å². The highest BCUT2D eigenvalue weighted by atomic mass is 32.2. The van der Waals surface area contributed by atoms with Gasteiger partial charge in [0.05, 0.1) is 0 Å². The van der Waals surface area contributed by atoms with Gasteiger partial charge in [-0.15, -0.1) is 0 Å². The fraction of sp³-hybridized carbons (Fsp3) is 0.571. The first-order valence-electron chi connectivity index (χ1n) is 6.32. The molecule has 2 fully saturated rings. The van der Waals surface area contributed by atoms with Crippen LogP contribution in [0.1, 0.15) is 35.8 Å². The van der Waals surface area contributed by atoms with Crippen LogP contribution >= 0.6 is 11.8 Å². The van der Waals surface area contributed by atoms with Gasteiger partial charge < -0.3 is 5.32 Å². The SMILES string of the molecule is c1ccc(C2CSC2)c(C2CCCNC2)c1. The maximum absolute atomic E-state index is 3.53. The molecule has 86 valence electrons. The molecule has 1 aromatic carbocycles. The second-order valence-electron chi connectivity index (χ2n) is 4.91. The van der Waals surface area contributed by atoms with Gasteiger partial charge in [-0.2, -0.15) is 11.8 Å². The molecule has 1 N–H and O–H groups in total. The normalized spacial score (nSPS) is 26.4. The molecule has 0 radical (unpaired) electrons. The number of benzene rings is 1. The lowest BCUT2D eigenvalue weighted by Crippen LogP contribution is -2.29. The number of hydrogen-bond acceptors (Lipinski definition) is 2. The van der Waals surface area contributed by atoms with Crippen molar-refractivity contribution in [1.29, 1.82) is 0 Å². The predicted octanol–water partition coefficient (Wildman–Crippen LogP) is 2.98. The third-order valence-corrected chi connectivity index (χ3v) is 5.09. The molecule has 1 aromatic rings. The molecular weight excluding hydrogens is 214 g/mol. The van der Waals surface area contributed by atoms with Gasteiger partial charge in [0.25, 0.3) is 0 Å². The van der Waals surface area contributed by atoms with Gasteiger partial charge in [-0.1, -0.05) is 24.3 Å². The van der Waals surface area contributed by atoms with E-state index < -0.39 is 0 Å². The average molecular weight is 233 g/mol. The Balaban J connectivity index is 1.86. The number of nitrogens with one attached hydrogen (secondary N) is 1. The van der Waals surface area contributed by atoms with Gasteiger partial charge in [-0.25, -0.2) is 0 Å². The molecule has 2 aliphatic heterocycles. The van der Waals surface area contributed by atoms with Crippen LogP contribution in [0.2, 0.25) is 0 Å². The van der Waals surface area contributed by atoms with E-state index in [0.717, 1.165) is 11.8 Å². The van der Waals surface area contributed by atoms with Crippen molar-refractivity contribution >= 4 is 11.8 Å². The molecule has 1 atom stereocenters. The van der Waals surface area contributed by atoms with Crippen molar-refractivity contribution in [2.75, 3.05) is 24.6 Å². The molecule has 0 spiro atoms. The van der Waals surface area contributed by atoms with E-state index in [2.05, 4.69) is 41.3 Å². The summed E-state index contributed by atoms with van der Waals surface area (Å²) in [6.45, 7) is 2.38. The Kier molecular flexibility index (Phi) is 3.20. The smallest absolute Gasteiger partial charge is 0.00226 e. The van der Waals surface area contributed by atoms with E-state index in [1.54, 1.807) is 11.1 Å². The molecule has 2 heterocycles. The Morgan fingerprint density at radius 2 is 1.81 bits per heavy atom. The Morgan fingerprint density at radius 3 is 2.38 bits per heavy atom. The number of hydrogen-bond donors (Lipinski definition) is 1. The first-order chi connectivity index (χ1) is 7.95. The summed E-state index contributed by atoms with van der Waals surface area (Å²) in [6, 6.07) is 9.13. The van der Waals surface area contributed by atoms with E-state index in [1.807, 2.05) is 0 Å². The van der Waals surface area contributed by atoms with Crippen LogP contribution in [-0.2, 0) is 0 Å². The van der Waals surface area contributed by atoms with Crippen molar-refractivity contribution in [3.8, 4) is 0 Å². The van der Waals surface area contributed by atoms with Crippen LogP contribution in [0.15, 0.2) is 24.3 Å². The molecule has 2 heteroatoms. The fourth-order valence-corrected chi connectivity index (χ4v) is 3.62. The molecular formula is C14H19NS. The fourth-order valence-electron chi connectivity index (χ4n) is 2.79. The maximum atomic E-state index is 3.53. The standard InChI is InChI=1S/C14H19NS/c1-2-6-14(12-9-16-10-12)13(5-1)11-4-3-7-15-8-11/h1-2,5-6,11-12,15H,3-4,7-10H2. The summed E-state index contributed by atoms with van der Waals surface area (Å²) in [5.41, 5.74) is 3.26. The molecule has 1 nitrogen and oxygen atoms in total. The lowest BCUT2D eigenvalue weighted by molar-refractivity contribution is 0.458. The zero-order valence-corrected chi connectivity index (χ0v) is 10.4. The summed E-state index contributed by atoms with van der Waals surface area (Å²) >= 11 is 2.08. The monoisotopic (exact) mass is 233 g/mol. The van der Waals surface area contributed by atoms with Crippen LogP contribution in [0.3, 0.4) is 0 Å². The molecule has 3 rings (SSSR count). The quantitative estimate of drug-likeness (QED) is 0.843. The minimum atomic E-state index is 0.760. The average Bonchev–Trinajstić information content (AvgIpc) is 2.29. The number of rotatable bonds is 2. The van der Waals surface area contributed by atoms with Crippen LogP contribution in [0.25, 0.3) is 0 Å². The molecule has 0 aromatic heterocycles. The molecule has 0 bridgehead atoms. The van der Waals surface area contributed by atoms with Crippen LogP contribution in [0, 0.1) is 0 Å². The predicted molar refractivity (Wildman–Crippen MR) is 71.4 cm³/mol.